The number of aromatic nitrogens is 4. The number of halogens is 5. The molecule has 0 unspecified atom stereocenters. The fraction of sp³-hybridized carbons (Fsp3) is 0.105. The SMILES string of the molecule is Cc1nc2c(F)cccc2n1-c1nc(N)c(F)c(Nc2ccc(C(F)(F)F)cc2)n1. The Hall–Kier alpha value is -3.76. The van der Waals surface area contributed by atoms with Gasteiger partial charge in [0.15, 0.2) is 17.5 Å². The number of rotatable bonds is 3. The molecule has 2 aromatic heterocycles. The fourth-order valence-corrected chi connectivity index (χ4v) is 2.95. The Bertz CT molecular complexity index is 1250. The van der Waals surface area contributed by atoms with Crippen molar-refractivity contribution >= 4 is 28.4 Å². The van der Waals surface area contributed by atoms with Crippen LogP contribution in [0.25, 0.3) is 17.0 Å². The first-order valence-corrected chi connectivity index (χ1v) is 8.56. The van der Waals surface area contributed by atoms with Crippen LogP contribution in [0.2, 0.25) is 0 Å². The van der Waals surface area contributed by atoms with Crippen LogP contribution in [0.5, 0.6) is 0 Å². The van der Waals surface area contributed by atoms with E-state index < -0.39 is 29.2 Å². The highest BCUT2D eigenvalue weighted by Crippen LogP contribution is 2.31. The molecule has 0 aliphatic rings. The number of nitrogens with one attached hydrogen (secondary N) is 1. The first-order chi connectivity index (χ1) is 14.1. The van der Waals surface area contributed by atoms with Crippen LogP contribution >= 0.6 is 0 Å². The summed E-state index contributed by atoms with van der Waals surface area (Å²) in [5.74, 6) is -2.11. The van der Waals surface area contributed by atoms with Gasteiger partial charge in [-0.25, -0.2) is 9.37 Å². The molecule has 0 aliphatic carbocycles. The zero-order valence-electron chi connectivity index (χ0n) is 15.3. The topological polar surface area (TPSA) is 81.7 Å². The van der Waals surface area contributed by atoms with E-state index in [4.69, 9.17) is 5.73 Å². The largest absolute Gasteiger partial charge is 0.416 e. The number of benzene rings is 2. The lowest BCUT2D eigenvalue weighted by molar-refractivity contribution is -0.137. The number of imidazole rings is 1. The first-order valence-electron chi connectivity index (χ1n) is 8.56. The number of alkyl halides is 3. The summed E-state index contributed by atoms with van der Waals surface area (Å²) >= 11 is 0. The molecule has 4 rings (SSSR count). The van der Waals surface area contributed by atoms with Crippen LogP contribution in [-0.2, 0) is 6.18 Å². The van der Waals surface area contributed by atoms with E-state index in [2.05, 4.69) is 20.3 Å². The summed E-state index contributed by atoms with van der Waals surface area (Å²) < 4.78 is 68.0. The van der Waals surface area contributed by atoms with Gasteiger partial charge in [0.2, 0.25) is 11.8 Å². The third kappa shape index (κ3) is 3.38. The second-order valence-corrected chi connectivity index (χ2v) is 6.37. The summed E-state index contributed by atoms with van der Waals surface area (Å²) in [5, 5.41) is 2.59. The Morgan fingerprint density at radius 2 is 1.67 bits per heavy atom. The summed E-state index contributed by atoms with van der Waals surface area (Å²) in [6, 6.07) is 8.27. The summed E-state index contributed by atoms with van der Waals surface area (Å²) in [6.45, 7) is 1.59. The Balaban J connectivity index is 1.77. The van der Waals surface area contributed by atoms with Gasteiger partial charge in [-0.2, -0.15) is 27.5 Å². The van der Waals surface area contributed by atoms with Gasteiger partial charge in [0.1, 0.15) is 11.3 Å². The van der Waals surface area contributed by atoms with E-state index in [1.165, 1.54) is 16.7 Å². The van der Waals surface area contributed by atoms with Gasteiger partial charge in [-0.1, -0.05) is 6.07 Å². The molecule has 6 nitrogen and oxygen atoms in total. The average Bonchev–Trinajstić information content (AvgIpc) is 3.02. The molecule has 0 aliphatic heterocycles. The van der Waals surface area contributed by atoms with E-state index in [1.807, 2.05) is 0 Å². The molecule has 0 spiro atoms. The molecule has 0 saturated carbocycles. The molecular formula is C19H13F5N6. The maximum Gasteiger partial charge on any atom is 0.416 e. The molecule has 0 radical (unpaired) electrons. The number of anilines is 3. The van der Waals surface area contributed by atoms with Gasteiger partial charge < -0.3 is 11.1 Å². The molecule has 154 valence electrons. The van der Waals surface area contributed by atoms with Gasteiger partial charge >= 0.3 is 6.18 Å². The van der Waals surface area contributed by atoms with E-state index in [1.54, 1.807) is 13.0 Å². The minimum Gasteiger partial charge on any atom is -0.381 e. The van der Waals surface area contributed by atoms with E-state index in [-0.39, 0.29) is 23.0 Å². The molecule has 3 N–H and O–H groups in total. The summed E-state index contributed by atoms with van der Waals surface area (Å²) in [4.78, 5) is 12.1. The van der Waals surface area contributed by atoms with Crippen LogP contribution in [0, 0.1) is 18.6 Å². The molecule has 4 aromatic rings. The van der Waals surface area contributed by atoms with Gasteiger partial charge in [0, 0.05) is 5.69 Å². The highest BCUT2D eigenvalue weighted by molar-refractivity contribution is 5.78. The third-order valence-electron chi connectivity index (χ3n) is 4.34. The molecule has 2 aromatic carbocycles. The second kappa shape index (κ2) is 6.94. The lowest BCUT2D eigenvalue weighted by Crippen LogP contribution is -2.11. The molecule has 2 heterocycles. The normalized spacial score (nSPS) is 11.8. The van der Waals surface area contributed by atoms with Crippen LogP contribution < -0.4 is 11.1 Å². The second-order valence-electron chi connectivity index (χ2n) is 6.37. The van der Waals surface area contributed by atoms with E-state index in [0.717, 1.165) is 24.3 Å². The number of hydrogen-bond donors (Lipinski definition) is 2. The van der Waals surface area contributed by atoms with Crippen molar-refractivity contribution in [2.45, 2.75) is 13.1 Å². The number of hydrogen-bond acceptors (Lipinski definition) is 5. The Morgan fingerprint density at radius 1 is 0.967 bits per heavy atom. The van der Waals surface area contributed by atoms with Crippen molar-refractivity contribution < 1.29 is 22.0 Å². The Labute approximate surface area is 166 Å². The lowest BCUT2D eigenvalue weighted by atomic mass is 10.2. The molecule has 0 atom stereocenters. The van der Waals surface area contributed by atoms with Gasteiger partial charge in [0.05, 0.1) is 11.1 Å². The zero-order chi connectivity index (χ0) is 21.6. The molecular weight excluding hydrogens is 407 g/mol. The number of nitrogens with zero attached hydrogens (tertiary/aromatic N) is 4. The molecule has 0 bridgehead atoms. The number of aryl methyl sites for hydroxylation is 1. The standard InChI is InChI=1S/C19H13F5N6/c1-9-26-15-12(20)3-2-4-13(15)30(9)18-28-16(25)14(21)17(29-18)27-11-7-5-10(6-8-11)19(22,23)24/h2-8H,1H3,(H3,25,27,28,29). The van der Waals surface area contributed by atoms with Crippen molar-refractivity contribution in [1.29, 1.82) is 0 Å². The maximum absolute atomic E-state index is 14.5. The van der Waals surface area contributed by atoms with Gasteiger partial charge in [-0.3, -0.25) is 4.57 Å². The monoisotopic (exact) mass is 420 g/mol. The smallest absolute Gasteiger partial charge is 0.381 e. The summed E-state index contributed by atoms with van der Waals surface area (Å²) in [6.07, 6.45) is -4.49. The van der Waals surface area contributed by atoms with Crippen molar-refractivity contribution in [3.05, 3.63) is 65.5 Å². The minimum atomic E-state index is -4.49. The average molecular weight is 420 g/mol. The van der Waals surface area contributed by atoms with E-state index in [9.17, 15) is 22.0 Å². The Morgan fingerprint density at radius 3 is 2.33 bits per heavy atom. The summed E-state index contributed by atoms with van der Waals surface area (Å²) in [7, 11) is 0. The van der Waals surface area contributed by atoms with Crippen LogP contribution in [-0.4, -0.2) is 19.5 Å². The molecule has 0 fully saturated rings. The van der Waals surface area contributed by atoms with Crippen molar-refractivity contribution in [3.63, 3.8) is 0 Å². The number of nitrogens with two attached hydrogens (primary N) is 1. The highest BCUT2D eigenvalue weighted by Gasteiger charge is 2.30. The number of para-hydroxylation sites is 1. The van der Waals surface area contributed by atoms with Gasteiger partial charge in [-0.05, 0) is 43.3 Å². The number of fused-ring (bicyclic) bond motifs is 1. The first kappa shape index (κ1) is 19.6. The van der Waals surface area contributed by atoms with Crippen LogP contribution in [0.15, 0.2) is 42.5 Å². The number of nitrogen functional groups attached to an aromatic ring is 1. The van der Waals surface area contributed by atoms with Gasteiger partial charge in [-0.15, -0.1) is 0 Å². The van der Waals surface area contributed by atoms with Crippen LogP contribution in [0.3, 0.4) is 0 Å². The maximum atomic E-state index is 14.5. The van der Waals surface area contributed by atoms with Gasteiger partial charge in [0.25, 0.3) is 0 Å². The zero-order valence-corrected chi connectivity index (χ0v) is 15.3. The van der Waals surface area contributed by atoms with Crippen molar-refractivity contribution in [1.82, 2.24) is 19.5 Å². The fourth-order valence-electron chi connectivity index (χ4n) is 2.95. The van der Waals surface area contributed by atoms with Crippen molar-refractivity contribution in [3.8, 4) is 5.95 Å². The Kier molecular flexibility index (Phi) is 4.52. The van der Waals surface area contributed by atoms with Crippen LogP contribution in [0.1, 0.15) is 11.4 Å². The van der Waals surface area contributed by atoms with Crippen molar-refractivity contribution in [2.24, 2.45) is 0 Å². The third-order valence-corrected chi connectivity index (χ3v) is 4.34. The molecule has 11 heteroatoms. The molecule has 0 amide bonds. The molecule has 30 heavy (non-hydrogen) atoms. The summed E-state index contributed by atoms with van der Waals surface area (Å²) in [5.41, 5.74) is 5.40. The molecule has 0 saturated heterocycles. The van der Waals surface area contributed by atoms with Crippen LogP contribution in [0.4, 0.5) is 39.3 Å². The predicted molar refractivity (Wildman–Crippen MR) is 100 cm³/mol. The lowest BCUT2D eigenvalue weighted by Gasteiger charge is -2.12. The predicted octanol–water partition coefficient (Wildman–Crippen LogP) is 4.75. The van der Waals surface area contributed by atoms with E-state index >= 15 is 0 Å². The van der Waals surface area contributed by atoms with Crippen molar-refractivity contribution in [2.75, 3.05) is 11.1 Å². The quantitative estimate of drug-likeness (QED) is 0.468. The van der Waals surface area contributed by atoms with E-state index in [0.29, 0.717) is 11.3 Å². The highest BCUT2D eigenvalue weighted by atomic mass is 19.4. The minimum absolute atomic E-state index is 0.0751.